The summed E-state index contributed by atoms with van der Waals surface area (Å²) in [4.78, 5) is 26.9. The molecule has 0 aliphatic rings. The Balaban J connectivity index is 4.00. The first kappa shape index (κ1) is 51.0. The molecule has 0 aliphatic heterocycles. The largest absolute Gasteiger partial charge is 0.466 e. The quantitative estimate of drug-likeness (QED) is 0.0358. The minimum Gasteiger partial charge on any atom is -0.466 e. The molecule has 53 heavy (non-hydrogen) atoms. The molecule has 308 valence electrons. The molecule has 0 bridgehead atoms. The van der Waals surface area contributed by atoms with Crippen molar-refractivity contribution in [1.29, 1.82) is 0 Å². The first-order valence-electron chi connectivity index (χ1n) is 22.6. The van der Waals surface area contributed by atoms with Crippen LogP contribution < -0.4 is 0 Å². The van der Waals surface area contributed by atoms with Gasteiger partial charge < -0.3 is 14.4 Å². The number of unbranched alkanes of at least 4 members (excludes halogenated alkanes) is 16. The Hall–Kier alpha value is -2.02. The van der Waals surface area contributed by atoms with E-state index in [1.807, 2.05) is 6.08 Å². The zero-order valence-corrected chi connectivity index (χ0v) is 36.1. The summed E-state index contributed by atoms with van der Waals surface area (Å²) in [6.07, 6.45) is 34.6. The maximum Gasteiger partial charge on any atom is 0.305 e. The molecule has 0 radical (unpaired) electrons. The molecule has 0 amide bonds. The molecule has 0 saturated carbocycles. The third kappa shape index (κ3) is 35.4. The molecule has 0 aliphatic carbocycles. The average molecular weight is 742 g/mol. The Kier molecular flexibility index (Phi) is 36.8. The van der Waals surface area contributed by atoms with Gasteiger partial charge in [-0.25, -0.2) is 0 Å². The molecule has 0 aromatic rings. The maximum absolute atomic E-state index is 12.3. The van der Waals surface area contributed by atoms with Gasteiger partial charge in [0.15, 0.2) is 0 Å². The van der Waals surface area contributed by atoms with E-state index in [1.165, 1.54) is 129 Å². The summed E-state index contributed by atoms with van der Waals surface area (Å²) in [6, 6.07) is 0.596. The highest BCUT2D eigenvalue weighted by atomic mass is 16.5. The van der Waals surface area contributed by atoms with Crippen LogP contribution >= 0.6 is 0 Å². The van der Waals surface area contributed by atoms with Gasteiger partial charge in [-0.05, 0) is 102 Å². The van der Waals surface area contributed by atoms with Crippen LogP contribution in [0.3, 0.4) is 0 Å². The van der Waals surface area contributed by atoms with Crippen molar-refractivity contribution in [2.24, 2.45) is 17.8 Å². The summed E-state index contributed by atoms with van der Waals surface area (Å²) < 4.78 is 11.0. The molecule has 3 unspecified atom stereocenters. The number of rotatable bonds is 38. The van der Waals surface area contributed by atoms with Gasteiger partial charge in [0.1, 0.15) is 0 Å². The average Bonchev–Trinajstić information content (AvgIpc) is 3.13. The molecule has 0 fully saturated rings. The number of hydrogen-bond acceptors (Lipinski definition) is 5. The summed E-state index contributed by atoms with van der Waals surface area (Å²) in [5, 5.41) is 0. The Labute approximate surface area is 329 Å². The summed E-state index contributed by atoms with van der Waals surface area (Å²) in [5.74, 6) is 1.75. The van der Waals surface area contributed by atoms with Gasteiger partial charge in [0.2, 0.25) is 0 Å². The van der Waals surface area contributed by atoms with Crippen LogP contribution in [-0.2, 0) is 19.1 Å². The van der Waals surface area contributed by atoms with Crippen molar-refractivity contribution in [3.8, 4) is 0 Å². The van der Waals surface area contributed by atoms with Gasteiger partial charge in [0.05, 0.1) is 13.2 Å². The van der Waals surface area contributed by atoms with E-state index in [0.29, 0.717) is 43.9 Å². The number of esters is 2. The molecule has 0 aromatic carbocycles. The summed E-state index contributed by atoms with van der Waals surface area (Å²) >= 11 is 0. The first-order chi connectivity index (χ1) is 25.7. The van der Waals surface area contributed by atoms with Gasteiger partial charge in [-0.2, -0.15) is 0 Å². The monoisotopic (exact) mass is 742 g/mol. The standard InChI is InChI=1S/C48H87NO4/c1-8-11-24-31-44(6)38-40-52-47(50)36-29-22-18-14-16-20-27-34-46(42-49(7)43(4)5)35-28-21-17-15-19-23-30-37-48(51)53-41-39-45(32-25-12-9-2)33-26-13-10-3/h32,43-46H,2,8,10-11,13-24,26-31,33-42H2,1,3-7H3. The number of nitrogens with zero attached hydrogens (tertiary/aromatic N) is 1. The maximum atomic E-state index is 12.3. The summed E-state index contributed by atoms with van der Waals surface area (Å²) in [6.45, 7) is 17.2. The third-order valence-corrected chi connectivity index (χ3v) is 11.0. The second kappa shape index (κ2) is 38.3. The van der Waals surface area contributed by atoms with E-state index in [2.05, 4.69) is 70.3 Å². The van der Waals surface area contributed by atoms with Gasteiger partial charge in [0, 0.05) is 25.4 Å². The molecule has 5 heteroatoms. The minimum absolute atomic E-state index is 0.00400. The zero-order chi connectivity index (χ0) is 39.2. The van der Waals surface area contributed by atoms with Crippen LogP contribution in [0, 0.1) is 17.8 Å². The van der Waals surface area contributed by atoms with E-state index in [4.69, 9.17) is 9.47 Å². The lowest BCUT2D eigenvalue weighted by Crippen LogP contribution is -2.31. The van der Waals surface area contributed by atoms with E-state index < -0.39 is 0 Å². The van der Waals surface area contributed by atoms with Gasteiger partial charge in [-0.15, -0.1) is 0 Å². The fourth-order valence-corrected chi connectivity index (χ4v) is 7.03. The molecule has 0 saturated heterocycles. The zero-order valence-electron chi connectivity index (χ0n) is 36.1. The normalized spacial score (nSPS) is 12.9. The van der Waals surface area contributed by atoms with Crippen LogP contribution in [0.2, 0.25) is 0 Å². The van der Waals surface area contributed by atoms with Crippen molar-refractivity contribution < 1.29 is 19.1 Å². The molecular weight excluding hydrogens is 655 g/mol. The molecule has 0 heterocycles. The highest BCUT2D eigenvalue weighted by Gasteiger charge is 2.14. The molecule has 3 atom stereocenters. The third-order valence-electron chi connectivity index (χ3n) is 11.0. The fraction of sp³-hybridized carbons (Fsp3) is 0.854. The second-order valence-electron chi connectivity index (χ2n) is 16.4. The van der Waals surface area contributed by atoms with Crippen LogP contribution in [0.1, 0.15) is 214 Å². The number of hydrogen-bond donors (Lipinski definition) is 0. The lowest BCUT2D eigenvalue weighted by molar-refractivity contribution is -0.145. The Morgan fingerprint density at radius 1 is 0.604 bits per heavy atom. The lowest BCUT2D eigenvalue weighted by atomic mass is 9.93. The number of carbonyl (C=O) groups excluding carboxylic acids is 2. The van der Waals surface area contributed by atoms with Crippen molar-refractivity contribution in [3.63, 3.8) is 0 Å². The predicted molar refractivity (Wildman–Crippen MR) is 227 cm³/mol. The van der Waals surface area contributed by atoms with Crippen LogP contribution in [-0.4, -0.2) is 49.7 Å². The van der Waals surface area contributed by atoms with Crippen LogP contribution in [0.4, 0.5) is 0 Å². The van der Waals surface area contributed by atoms with Crippen molar-refractivity contribution in [3.05, 3.63) is 29.8 Å². The first-order valence-corrected chi connectivity index (χ1v) is 22.6. The Bertz CT molecular complexity index is 972. The van der Waals surface area contributed by atoms with Crippen LogP contribution in [0.25, 0.3) is 0 Å². The molecule has 0 rings (SSSR count). The van der Waals surface area contributed by atoms with E-state index >= 15 is 0 Å². The van der Waals surface area contributed by atoms with Crippen molar-refractivity contribution in [2.75, 3.05) is 26.8 Å². The molecule has 5 nitrogen and oxygen atoms in total. The molecular formula is C48H87NO4. The van der Waals surface area contributed by atoms with E-state index in [9.17, 15) is 9.59 Å². The Morgan fingerprint density at radius 2 is 1.06 bits per heavy atom. The Morgan fingerprint density at radius 3 is 1.55 bits per heavy atom. The smallest absolute Gasteiger partial charge is 0.305 e. The second-order valence-corrected chi connectivity index (χ2v) is 16.4. The predicted octanol–water partition coefficient (Wildman–Crippen LogP) is 13.9. The topological polar surface area (TPSA) is 55.8 Å². The lowest BCUT2D eigenvalue weighted by Gasteiger charge is -2.27. The SMILES string of the molecule is C=C=C=C=CC(CCCCC)CCOC(=O)CCCCCCCCCC(CCCCCCCCCC(=O)OCCC(C)CCCCC)CN(C)C(C)C. The number of ether oxygens (including phenoxy) is 2. The van der Waals surface area contributed by atoms with Gasteiger partial charge in [-0.3, -0.25) is 9.59 Å². The van der Waals surface area contributed by atoms with Crippen molar-refractivity contribution >= 4 is 11.9 Å². The van der Waals surface area contributed by atoms with Crippen molar-refractivity contribution in [2.45, 2.75) is 220 Å². The van der Waals surface area contributed by atoms with Crippen LogP contribution in [0.5, 0.6) is 0 Å². The molecule has 0 spiro atoms. The van der Waals surface area contributed by atoms with E-state index in [-0.39, 0.29) is 11.9 Å². The highest BCUT2D eigenvalue weighted by Crippen LogP contribution is 2.22. The van der Waals surface area contributed by atoms with Crippen molar-refractivity contribution in [1.82, 2.24) is 4.90 Å². The van der Waals surface area contributed by atoms with Gasteiger partial charge >= 0.3 is 11.9 Å². The highest BCUT2D eigenvalue weighted by molar-refractivity contribution is 5.69. The van der Waals surface area contributed by atoms with E-state index in [1.54, 1.807) is 0 Å². The number of carbonyl (C=O) groups is 2. The number of allylic oxidation sites excluding steroid dienone is 1. The van der Waals surface area contributed by atoms with Crippen LogP contribution in [0.15, 0.2) is 29.8 Å². The molecule has 0 N–H and O–H groups in total. The van der Waals surface area contributed by atoms with Gasteiger partial charge in [0.25, 0.3) is 0 Å². The van der Waals surface area contributed by atoms with Gasteiger partial charge in [-0.1, -0.05) is 154 Å². The fourth-order valence-electron chi connectivity index (χ4n) is 7.03. The van der Waals surface area contributed by atoms with E-state index in [0.717, 1.165) is 50.9 Å². The summed E-state index contributed by atoms with van der Waals surface area (Å²) in [7, 11) is 2.28. The minimum atomic E-state index is -0.0530. The molecule has 0 aromatic heterocycles. The summed E-state index contributed by atoms with van der Waals surface area (Å²) in [5.41, 5.74) is 8.41.